The molecule has 0 radical (unpaired) electrons. The normalized spacial score (nSPS) is 10.2. The smallest absolute Gasteiger partial charge is 0.335 e. The Labute approximate surface area is 128 Å². The van der Waals surface area contributed by atoms with Gasteiger partial charge in [0.1, 0.15) is 12.2 Å². The lowest BCUT2D eigenvalue weighted by Crippen LogP contribution is -2.31. The Morgan fingerprint density at radius 1 is 1.48 bits per heavy atom. The molecule has 2 aromatic rings. The van der Waals surface area contributed by atoms with Crippen molar-refractivity contribution >= 4 is 33.6 Å². The Hall–Kier alpha value is -2.42. The van der Waals surface area contributed by atoms with E-state index in [2.05, 4.69) is 36.4 Å². The second-order valence-electron chi connectivity index (χ2n) is 4.22. The monoisotopic (exact) mass is 353 g/mol. The van der Waals surface area contributed by atoms with E-state index >= 15 is 0 Å². The number of nitrogens with zero attached hydrogens (tertiary/aromatic N) is 3. The maximum atomic E-state index is 12.0. The molecular weight excluding hydrogens is 342 g/mol. The number of aromatic amines is 1. The van der Waals surface area contributed by atoms with Crippen molar-refractivity contribution in [3.05, 3.63) is 40.4 Å². The molecule has 3 N–H and O–H groups in total. The number of carbonyl (C=O) groups is 2. The van der Waals surface area contributed by atoms with E-state index in [0.29, 0.717) is 16.0 Å². The number of amides is 2. The highest BCUT2D eigenvalue weighted by atomic mass is 79.9. The first-order valence-electron chi connectivity index (χ1n) is 5.86. The lowest BCUT2D eigenvalue weighted by molar-refractivity contribution is 0.0697. The number of carbonyl (C=O) groups excluding carboxylic acids is 1. The highest BCUT2D eigenvalue weighted by molar-refractivity contribution is 9.10. The lowest BCUT2D eigenvalue weighted by atomic mass is 10.2. The Morgan fingerprint density at radius 2 is 2.24 bits per heavy atom. The number of rotatable bonds is 4. The third kappa shape index (κ3) is 3.78. The Morgan fingerprint density at radius 3 is 2.81 bits per heavy atom. The summed E-state index contributed by atoms with van der Waals surface area (Å²) in [5.74, 6) is -0.469. The highest BCUT2D eigenvalue weighted by Crippen LogP contribution is 2.24. The van der Waals surface area contributed by atoms with Crippen molar-refractivity contribution in [1.29, 1.82) is 0 Å². The maximum Gasteiger partial charge on any atom is 0.335 e. The van der Waals surface area contributed by atoms with E-state index in [0.717, 1.165) is 0 Å². The van der Waals surface area contributed by atoms with Crippen LogP contribution in [0.3, 0.4) is 0 Å². The van der Waals surface area contributed by atoms with Crippen LogP contribution in [-0.4, -0.2) is 44.2 Å². The summed E-state index contributed by atoms with van der Waals surface area (Å²) in [6.45, 7) is 0.274. The van der Waals surface area contributed by atoms with Crippen molar-refractivity contribution in [3.8, 4) is 0 Å². The summed E-state index contributed by atoms with van der Waals surface area (Å²) >= 11 is 3.23. The SMILES string of the molecule is CN(Cc1ncn[nH]1)C(=O)Nc1ccc(C(=O)O)cc1Br. The van der Waals surface area contributed by atoms with Crippen LogP contribution in [0, 0.1) is 0 Å². The maximum absolute atomic E-state index is 12.0. The largest absolute Gasteiger partial charge is 0.478 e. The molecule has 0 spiro atoms. The van der Waals surface area contributed by atoms with Gasteiger partial charge in [0, 0.05) is 11.5 Å². The number of benzene rings is 1. The van der Waals surface area contributed by atoms with Crippen LogP contribution in [0.15, 0.2) is 29.0 Å². The number of anilines is 1. The average Bonchev–Trinajstić information content (AvgIpc) is 2.93. The molecule has 1 heterocycles. The minimum absolute atomic E-state index is 0.134. The fourth-order valence-electron chi connectivity index (χ4n) is 1.56. The minimum atomic E-state index is -1.03. The zero-order valence-corrected chi connectivity index (χ0v) is 12.6. The predicted octanol–water partition coefficient (Wildman–Crippen LogP) is 1.93. The predicted molar refractivity (Wildman–Crippen MR) is 78.0 cm³/mol. The third-order valence-electron chi connectivity index (χ3n) is 2.66. The molecule has 0 aliphatic heterocycles. The van der Waals surface area contributed by atoms with Gasteiger partial charge in [0.25, 0.3) is 0 Å². The van der Waals surface area contributed by atoms with Gasteiger partial charge in [-0.2, -0.15) is 5.10 Å². The van der Waals surface area contributed by atoms with Crippen LogP contribution in [0.1, 0.15) is 16.2 Å². The molecule has 2 rings (SSSR count). The molecule has 0 saturated heterocycles. The standard InChI is InChI=1S/C12H12BrN5O3/c1-18(5-10-14-6-15-17-10)12(21)16-9-3-2-7(11(19)20)4-8(9)13/h2-4,6H,5H2,1H3,(H,16,21)(H,19,20)(H,14,15,17). The van der Waals surface area contributed by atoms with Crippen molar-refractivity contribution in [2.24, 2.45) is 0 Å². The molecule has 0 unspecified atom stereocenters. The van der Waals surface area contributed by atoms with Crippen LogP contribution in [0.25, 0.3) is 0 Å². The van der Waals surface area contributed by atoms with E-state index in [-0.39, 0.29) is 18.1 Å². The van der Waals surface area contributed by atoms with Gasteiger partial charge in [-0.25, -0.2) is 14.6 Å². The van der Waals surface area contributed by atoms with Gasteiger partial charge in [0.15, 0.2) is 0 Å². The topological polar surface area (TPSA) is 111 Å². The highest BCUT2D eigenvalue weighted by Gasteiger charge is 2.13. The molecule has 2 amide bonds. The lowest BCUT2D eigenvalue weighted by Gasteiger charge is -2.17. The summed E-state index contributed by atoms with van der Waals surface area (Å²) in [5, 5.41) is 17.9. The summed E-state index contributed by atoms with van der Waals surface area (Å²) in [6.07, 6.45) is 1.36. The number of hydrogen-bond acceptors (Lipinski definition) is 4. The molecule has 1 aromatic heterocycles. The van der Waals surface area contributed by atoms with Crippen molar-refractivity contribution < 1.29 is 14.7 Å². The van der Waals surface area contributed by atoms with E-state index in [9.17, 15) is 9.59 Å². The Kier molecular flexibility index (Phi) is 4.53. The summed E-state index contributed by atoms with van der Waals surface area (Å²) in [6, 6.07) is 4.01. The first-order valence-corrected chi connectivity index (χ1v) is 6.66. The van der Waals surface area contributed by atoms with Crippen molar-refractivity contribution in [2.45, 2.75) is 6.54 Å². The number of H-pyrrole nitrogens is 1. The summed E-state index contributed by atoms with van der Waals surface area (Å²) in [5.41, 5.74) is 0.615. The van der Waals surface area contributed by atoms with Gasteiger partial charge in [-0.05, 0) is 34.1 Å². The molecule has 8 nitrogen and oxygen atoms in total. The molecule has 0 atom stereocenters. The number of aromatic carboxylic acids is 1. The van der Waals surface area contributed by atoms with Crippen LogP contribution in [0.2, 0.25) is 0 Å². The van der Waals surface area contributed by atoms with E-state index in [1.165, 1.54) is 29.4 Å². The molecule has 9 heteroatoms. The first kappa shape index (κ1) is 15.0. The number of nitrogens with one attached hydrogen (secondary N) is 2. The number of aromatic nitrogens is 3. The van der Waals surface area contributed by atoms with Crippen LogP contribution in [-0.2, 0) is 6.54 Å². The number of hydrogen-bond donors (Lipinski definition) is 3. The van der Waals surface area contributed by atoms with E-state index in [4.69, 9.17) is 5.11 Å². The molecule has 0 saturated carbocycles. The quantitative estimate of drug-likeness (QED) is 0.777. The van der Waals surface area contributed by atoms with E-state index in [1.807, 2.05) is 0 Å². The van der Waals surface area contributed by atoms with Gasteiger partial charge in [-0.3, -0.25) is 5.10 Å². The number of halogens is 1. The van der Waals surface area contributed by atoms with Gasteiger partial charge in [-0.15, -0.1) is 0 Å². The molecule has 1 aromatic carbocycles. The fourth-order valence-corrected chi connectivity index (χ4v) is 2.04. The van der Waals surface area contributed by atoms with Crippen molar-refractivity contribution in [3.63, 3.8) is 0 Å². The third-order valence-corrected chi connectivity index (χ3v) is 3.31. The summed E-state index contributed by atoms with van der Waals surface area (Å²) in [7, 11) is 1.61. The first-order chi connectivity index (χ1) is 9.97. The Balaban J connectivity index is 2.03. The number of carboxylic acids is 1. The van der Waals surface area contributed by atoms with Crippen LogP contribution in [0.5, 0.6) is 0 Å². The Bertz CT molecular complexity index is 659. The van der Waals surface area contributed by atoms with Crippen molar-refractivity contribution in [1.82, 2.24) is 20.1 Å². The molecule has 21 heavy (non-hydrogen) atoms. The van der Waals surface area contributed by atoms with Crippen LogP contribution < -0.4 is 5.32 Å². The average molecular weight is 354 g/mol. The zero-order chi connectivity index (χ0) is 15.4. The summed E-state index contributed by atoms with van der Waals surface area (Å²) in [4.78, 5) is 28.2. The van der Waals surface area contributed by atoms with Gasteiger partial charge >= 0.3 is 12.0 Å². The van der Waals surface area contributed by atoms with E-state index < -0.39 is 5.97 Å². The molecule has 0 fully saturated rings. The van der Waals surface area contributed by atoms with Crippen LogP contribution in [0.4, 0.5) is 10.5 Å². The molecule has 0 bridgehead atoms. The van der Waals surface area contributed by atoms with E-state index in [1.54, 1.807) is 7.05 Å². The second kappa shape index (κ2) is 6.35. The van der Waals surface area contributed by atoms with Crippen LogP contribution >= 0.6 is 15.9 Å². The molecule has 0 aliphatic carbocycles. The van der Waals surface area contributed by atoms with Gasteiger partial charge < -0.3 is 15.3 Å². The molecular formula is C12H12BrN5O3. The fraction of sp³-hybridized carbons (Fsp3) is 0.167. The molecule has 0 aliphatic rings. The number of carboxylic acid groups (broad SMARTS) is 1. The number of urea groups is 1. The zero-order valence-electron chi connectivity index (χ0n) is 11.0. The van der Waals surface area contributed by atoms with Gasteiger partial charge in [0.05, 0.1) is 17.8 Å². The van der Waals surface area contributed by atoms with Gasteiger partial charge in [0.2, 0.25) is 0 Å². The minimum Gasteiger partial charge on any atom is -0.478 e. The summed E-state index contributed by atoms with van der Waals surface area (Å²) < 4.78 is 0.490. The van der Waals surface area contributed by atoms with Crippen molar-refractivity contribution in [2.75, 3.05) is 12.4 Å². The molecule has 110 valence electrons. The second-order valence-corrected chi connectivity index (χ2v) is 5.07. The van der Waals surface area contributed by atoms with Gasteiger partial charge in [-0.1, -0.05) is 0 Å².